The van der Waals surface area contributed by atoms with Crippen LogP contribution in [0, 0.1) is 18.3 Å². The Labute approximate surface area is 60.6 Å². The van der Waals surface area contributed by atoms with Gasteiger partial charge in [0.25, 0.3) is 0 Å². The summed E-state index contributed by atoms with van der Waals surface area (Å²) in [4.78, 5) is 10.4. The number of carbonyl (C=O) groups excluding carboxylic acids is 1. The summed E-state index contributed by atoms with van der Waals surface area (Å²) in [5.41, 5.74) is 0. The molecule has 2 heteroatoms. The second-order valence-electron chi connectivity index (χ2n) is 2.41. The van der Waals surface area contributed by atoms with Crippen molar-refractivity contribution in [3.8, 4) is 12.3 Å². The lowest BCUT2D eigenvalue weighted by Crippen LogP contribution is -2.38. The first-order valence-electron chi connectivity index (χ1n) is 3.43. The first-order valence-corrected chi connectivity index (χ1v) is 3.43. The molecular formula is C8H10O2. The van der Waals surface area contributed by atoms with Crippen molar-refractivity contribution < 1.29 is 9.53 Å². The van der Waals surface area contributed by atoms with Crippen LogP contribution in [0.25, 0.3) is 0 Å². The molecule has 0 aromatic carbocycles. The van der Waals surface area contributed by atoms with Gasteiger partial charge in [0.1, 0.15) is 6.10 Å². The molecule has 1 rings (SSSR count). The van der Waals surface area contributed by atoms with Crippen LogP contribution in [-0.2, 0) is 9.53 Å². The van der Waals surface area contributed by atoms with E-state index < -0.39 is 0 Å². The maximum atomic E-state index is 10.4. The number of esters is 1. The van der Waals surface area contributed by atoms with E-state index in [1.54, 1.807) is 0 Å². The minimum absolute atomic E-state index is 0.00231. The molecule has 1 heterocycles. The van der Waals surface area contributed by atoms with Crippen molar-refractivity contribution in [2.75, 3.05) is 0 Å². The van der Waals surface area contributed by atoms with Gasteiger partial charge in [-0.15, -0.1) is 6.42 Å². The normalized spacial score (nSPS) is 26.0. The van der Waals surface area contributed by atoms with Gasteiger partial charge in [0.2, 0.25) is 0 Å². The fraction of sp³-hybridized carbons (Fsp3) is 0.625. The molecule has 0 bridgehead atoms. The van der Waals surface area contributed by atoms with Crippen LogP contribution in [-0.4, -0.2) is 12.1 Å². The number of carbonyl (C=O) groups is 1. The third-order valence-corrected chi connectivity index (χ3v) is 1.75. The number of hydrogen-bond donors (Lipinski definition) is 0. The molecule has 1 aliphatic rings. The molecule has 2 nitrogen and oxygen atoms in total. The van der Waals surface area contributed by atoms with Crippen LogP contribution in [0.15, 0.2) is 0 Å². The van der Waals surface area contributed by atoms with Gasteiger partial charge in [-0.3, -0.25) is 4.79 Å². The van der Waals surface area contributed by atoms with Crippen molar-refractivity contribution in [2.45, 2.75) is 25.9 Å². The molecule has 2 unspecified atom stereocenters. The zero-order chi connectivity index (χ0) is 7.56. The fourth-order valence-corrected chi connectivity index (χ4v) is 1.04. The number of rotatable bonds is 2. The number of hydrogen-bond acceptors (Lipinski definition) is 2. The number of ether oxygens (including phenoxy) is 1. The molecule has 0 N–H and O–H groups in total. The standard InChI is InChI=1S/C8H10O2/c1-3-6(4-2)7-5-8(9)10-7/h1,6-7H,4-5H2,2H3. The summed E-state index contributed by atoms with van der Waals surface area (Å²) in [5, 5.41) is 0. The van der Waals surface area contributed by atoms with E-state index in [4.69, 9.17) is 11.2 Å². The van der Waals surface area contributed by atoms with E-state index in [1.807, 2.05) is 6.92 Å². The highest BCUT2D eigenvalue weighted by Crippen LogP contribution is 2.23. The summed E-state index contributed by atoms with van der Waals surface area (Å²) < 4.78 is 4.80. The zero-order valence-corrected chi connectivity index (χ0v) is 5.96. The number of cyclic esters (lactones) is 1. The van der Waals surface area contributed by atoms with Gasteiger partial charge in [0, 0.05) is 0 Å². The summed E-state index contributed by atoms with van der Waals surface area (Å²) in [6, 6.07) is 0. The maximum Gasteiger partial charge on any atom is 0.309 e. The van der Waals surface area contributed by atoms with E-state index in [-0.39, 0.29) is 18.0 Å². The Morgan fingerprint density at radius 2 is 2.60 bits per heavy atom. The van der Waals surface area contributed by atoms with Crippen LogP contribution in [0.2, 0.25) is 0 Å². The molecule has 0 aliphatic carbocycles. The van der Waals surface area contributed by atoms with Gasteiger partial charge in [-0.1, -0.05) is 12.8 Å². The summed E-state index contributed by atoms with van der Waals surface area (Å²) in [6.07, 6.45) is 6.59. The Kier molecular flexibility index (Phi) is 1.96. The highest BCUT2D eigenvalue weighted by atomic mass is 16.6. The largest absolute Gasteiger partial charge is 0.460 e. The second kappa shape index (κ2) is 2.74. The Morgan fingerprint density at radius 3 is 2.90 bits per heavy atom. The topological polar surface area (TPSA) is 26.3 Å². The first-order chi connectivity index (χ1) is 4.77. The molecule has 54 valence electrons. The van der Waals surface area contributed by atoms with E-state index in [0.717, 1.165) is 6.42 Å². The van der Waals surface area contributed by atoms with Crippen LogP contribution in [0.5, 0.6) is 0 Å². The third kappa shape index (κ3) is 1.13. The van der Waals surface area contributed by atoms with E-state index in [0.29, 0.717) is 6.42 Å². The van der Waals surface area contributed by atoms with E-state index in [1.165, 1.54) is 0 Å². The summed E-state index contributed by atoms with van der Waals surface area (Å²) >= 11 is 0. The average Bonchev–Trinajstić information content (AvgIpc) is 1.87. The molecule has 0 saturated carbocycles. The predicted molar refractivity (Wildman–Crippen MR) is 37.1 cm³/mol. The lowest BCUT2D eigenvalue weighted by molar-refractivity contribution is -0.172. The van der Waals surface area contributed by atoms with Gasteiger partial charge >= 0.3 is 5.97 Å². The maximum absolute atomic E-state index is 10.4. The lowest BCUT2D eigenvalue weighted by atomic mass is 9.95. The lowest BCUT2D eigenvalue weighted by Gasteiger charge is -2.29. The summed E-state index contributed by atoms with van der Waals surface area (Å²) in [7, 11) is 0. The van der Waals surface area contributed by atoms with Crippen molar-refractivity contribution in [1.29, 1.82) is 0 Å². The molecule has 0 aromatic rings. The molecule has 10 heavy (non-hydrogen) atoms. The Hall–Kier alpha value is -0.970. The van der Waals surface area contributed by atoms with Crippen molar-refractivity contribution >= 4 is 5.97 Å². The molecule has 2 atom stereocenters. The Bertz CT molecular complexity index is 170. The van der Waals surface area contributed by atoms with Gasteiger partial charge in [0.05, 0.1) is 12.3 Å². The zero-order valence-electron chi connectivity index (χ0n) is 5.96. The Morgan fingerprint density at radius 1 is 2.00 bits per heavy atom. The van der Waals surface area contributed by atoms with E-state index >= 15 is 0 Å². The van der Waals surface area contributed by atoms with Crippen LogP contribution in [0.1, 0.15) is 19.8 Å². The fourth-order valence-electron chi connectivity index (χ4n) is 1.04. The minimum Gasteiger partial charge on any atom is -0.460 e. The quantitative estimate of drug-likeness (QED) is 0.419. The molecule has 0 radical (unpaired) electrons. The van der Waals surface area contributed by atoms with Crippen molar-refractivity contribution in [2.24, 2.45) is 5.92 Å². The second-order valence-corrected chi connectivity index (χ2v) is 2.41. The van der Waals surface area contributed by atoms with Gasteiger partial charge < -0.3 is 4.74 Å². The minimum atomic E-state index is -0.126. The van der Waals surface area contributed by atoms with Gasteiger partial charge in [0.15, 0.2) is 0 Å². The SMILES string of the molecule is C#CC(CC)C1CC(=O)O1. The third-order valence-electron chi connectivity index (χ3n) is 1.75. The van der Waals surface area contributed by atoms with Crippen molar-refractivity contribution in [3.63, 3.8) is 0 Å². The predicted octanol–water partition coefficient (Wildman–Crippen LogP) is 0.961. The molecule has 0 amide bonds. The molecular weight excluding hydrogens is 128 g/mol. The molecule has 1 aliphatic heterocycles. The number of terminal acetylenes is 1. The van der Waals surface area contributed by atoms with Crippen LogP contribution in [0.3, 0.4) is 0 Å². The van der Waals surface area contributed by atoms with Crippen molar-refractivity contribution in [1.82, 2.24) is 0 Å². The first kappa shape index (κ1) is 7.14. The van der Waals surface area contributed by atoms with E-state index in [9.17, 15) is 4.79 Å². The summed E-state index contributed by atoms with van der Waals surface area (Å²) in [6.45, 7) is 2.00. The van der Waals surface area contributed by atoms with Gasteiger partial charge in [-0.2, -0.15) is 0 Å². The van der Waals surface area contributed by atoms with Gasteiger partial charge in [-0.25, -0.2) is 0 Å². The van der Waals surface area contributed by atoms with Crippen LogP contribution >= 0.6 is 0 Å². The smallest absolute Gasteiger partial charge is 0.309 e. The highest BCUT2D eigenvalue weighted by molar-refractivity contribution is 5.75. The summed E-state index contributed by atoms with van der Waals surface area (Å²) in [5.74, 6) is 2.59. The van der Waals surface area contributed by atoms with Crippen molar-refractivity contribution in [3.05, 3.63) is 0 Å². The van der Waals surface area contributed by atoms with Gasteiger partial charge in [-0.05, 0) is 6.42 Å². The molecule has 1 fully saturated rings. The molecule has 0 spiro atoms. The van der Waals surface area contributed by atoms with Crippen LogP contribution in [0.4, 0.5) is 0 Å². The molecule has 0 aromatic heterocycles. The monoisotopic (exact) mass is 138 g/mol. The highest BCUT2D eigenvalue weighted by Gasteiger charge is 2.33. The average molecular weight is 138 g/mol. The van der Waals surface area contributed by atoms with E-state index in [2.05, 4.69) is 5.92 Å². The van der Waals surface area contributed by atoms with Crippen LogP contribution < -0.4 is 0 Å². The Balaban J connectivity index is 2.36. The molecule has 1 saturated heterocycles.